The third kappa shape index (κ3) is 2.35. The monoisotopic (exact) mass is 219 g/mol. The molecule has 72 valence electrons. The first-order valence-corrected chi connectivity index (χ1v) is 4.58. The molecule has 1 rings (SSSR count). The Hall–Kier alpha value is -0.280. The highest BCUT2D eigenvalue weighted by Gasteiger charge is 2.20. The van der Waals surface area contributed by atoms with Crippen LogP contribution >= 0.6 is 23.2 Å². The van der Waals surface area contributed by atoms with Gasteiger partial charge in [0.25, 0.3) is 0 Å². The van der Waals surface area contributed by atoms with Crippen LogP contribution in [0.3, 0.4) is 0 Å². The predicted molar refractivity (Wildman–Crippen MR) is 55.1 cm³/mol. The molecule has 4 heteroatoms. The maximum Gasteiger partial charge on any atom is 0.0650 e. The van der Waals surface area contributed by atoms with Gasteiger partial charge in [0.05, 0.1) is 22.2 Å². The van der Waals surface area contributed by atoms with E-state index in [0.717, 1.165) is 5.56 Å². The molecule has 0 aromatic heterocycles. The van der Waals surface area contributed by atoms with E-state index in [-0.39, 0.29) is 6.61 Å². The number of rotatable bonds is 2. The van der Waals surface area contributed by atoms with Gasteiger partial charge in [-0.3, -0.25) is 0 Å². The van der Waals surface area contributed by atoms with E-state index in [2.05, 4.69) is 0 Å². The predicted octanol–water partition coefficient (Wildman–Crippen LogP) is 2.16. The largest absolute Gasteiger partial charge is 0.394 e. The first-order chi connectivity index (χ1) is 5.97. The Bertz CT molecular complexity index is 312. The first kappa shape index (κ1) is 10.8. The topological polar surface area (TPSA) is 46.2 Å². The summed E-state index contributed by atoms with van der Waals surface area (Å²) in [6.45, 7) is 1.59. The standard InChI is InChI=1S/C9H11Cl2NO/c1-9(12,5-13)6-2-3-7(10)8(11)4-6/h2-4,13H,5,12H2,1H3/t9-/m0/s1. The fourth-order valence-electron chi connectivity index (χ4n) is 0.943. The summed E-state index contributed by atoms with van der Waals surface area (Å²) in [6.07, 6.45) is 0. The van der Waals surface area contributed by atoms with E-state index in [1.54, 1.807) is 25.1 Å². The summed E-state index contributed by atoms with van der Waals surface area (Å²) >= 11 is 11.5. The lowest BCUT2D eigenvalue weighted by Crippen LogP contribution is -2.36. The zero-order valence-corrected chi connectivity index (χ0v) is 8.73. The molecule has 0 saturated heterocycles. The summed E-state index contributed by atoms with van der Waals surface area (Å²) in [5.74, 6) is 0. The van der Waals surface area contributed by atoms with Crippen molar-refractivity contribution in [2.24, 2.45) is 5.73 Å². The number of hydrogen-bond acceptors (Lipinski definition) is 2. The fourth-order valence-corrected chi connectivity index (χ4v) is 1.24. The van der Waals surface area contributed by atoms with Crippen molar-refractivity contribution >= 4 is 23.2 Å². The summed E-state index contributed by atoms with van der Waals surface area (Å²) in [6, 6.07) is 5.09. The van der Waals surface area contributed by atoms with Gasteiger partial charge < -0.3 is 10.8 Å². The zero-order valence-electron chi connectivity index (χ0n) is 7.22. The van der Waals surface area contributed by atoms with Gasteiger partial charge >= 0.3 is 0 Å². The maximum atomic E-state index is 9.01. The molecular formula is C9H11Cl2NO. The maximum absolute atomic E-state index is 9.01. The van der Waals surface area contributed by atoms with Crippen LogP contribution in [0.2, 0.25) is 10.0 Å². The van der Waals surface area contributed by atoms with E-state index in [1.165, 1.54) is 0 Å². The van der Waals surface area contributed by atoms with Gasteiger partial charge in [-0.2, -0.15) is 0 Å². The smallest absolute Gasteiger partial charge is 0.0650 e. The summed E-state index contributed by atoms with van der Waals surface area (Å²) < 4.78 is 0. The van der Waals surface area contributed by atoms with E-state index >= 15 is 0 Å². The minimum Gasteiger partial charge on any atom is -0.394 e. The van der Waals surface area contributed by atoms with Crippen molar-refractivity contribution < 1.29 is 5.11 Å². The number of benzene rings is 1. The Morgan fingerprint density at radius 2 is 2.00 bits per heavy atom. The second-order valence-corrected chi connectivity index (χ2v) is 4.02. The lowest BCUT2D eigenvalue weighted by molar-refractivity contribution is 0.210. The highest BCUT2D eigenvalue weighted by molar-refractivity contribution is 6.42. The molecular weight excluding hydrogens is 209 g/mol. The minimum absolute atomic E-state index is 0.134. The van der Waals surface area contributed by atoms with Gasteiger partial charge in [0.2, 0.25) is 0 Å². The summed E-state index contributed by atoms with van der Waals surface area (Å²) in [7, 11) is 0. The molecule has 1 aromatic carbocycles. The molecule has 0 aliphatic rings. The molecule has 0 amide bonds. The van der Waals surface area contributed by atoms with Gasteiger partial charge in [0, 0.05) is 0 Å². The first-order valence-electron chi connectivity index (χ1n) is 3.82. The van der Waals surface area contributed by atoms with Crippen LogP contribution in [0.5, 0.6) is 0 Å². The van der Waals surface area contributed by atoms with Crippen molar-refractivity contribution in [1.29, 1.82) is 0 Å². The Balaban J connectivity index is 3.10. The van der Waals surface area contributed by atoms with Gasteiger partial charge in [-0.1, -0.05) is 29.3 Å². The average molecular weight is 220 g/mol. The Kier molecular flexibility index (Phi) is 3.19. The number of nitrogens with two attached hydrogens (primary N) is 1. The van der Waals surface area contributed by atoms with E-state index in [9.17, 15) is 0 Å². The van der Waals surface area contributed by atoms with Gasteiger partial charge in [0.1, 0.15) is 0 Å². The molecule has 13 heavy (non-hydrogen) atoms. The molecule has 0 unspecified atom stereocenters. The van der Waals surface area contributed by atoms with E-state index in [4.69, 9.17) is 34.0 Å². The lowest BCUT2D eigenvalue weighted by Gasteiger charge is -2.22. The van der Waals surface area contributed by atoms with Crippen LogP contribution in [-0.2, 0) is 5.54 Å². The number of aliphatic hydroxyl groups is 1. The highest BCUT2D eigenvalue weighted by atomic mass is 35.5. The molecule has 0 bridgehead atoms. The molecule has 0 aliphatic heterocycles. The van der Waals surface area contributed by atoms with Crippen LogP contribution < -0.4 is 5.73 Å². The van der Waals surface area contributed by atoms with Crippen molar-refractivity contribution in [3.63, 3.8) is 0 Å². The molecule has 1 aromatic rings. The van der Waals surface area contributed by atoms with Crippen molar-refractivity contribution in [3.05, 3.63) is 33.8 Å². The van der Waals surface area contributed by atoms with E-state index < -0.39 is 5.54 Å². The lowest BCUT2D eigenvalue weighted by atomic mass is 9.94. The second-order valence-electron chi connectivity index (χ2n) is 3.20. The third-order valence-electron chi connectivity index (χ3n) is 1.91. The van der Waals surface area contributed by atoms with Gasteiger partial charge in [-0.15, -0.1) is 0 Å². The van der Waals surface area contributed by atoms with Crippen molar-refractivity contribution in [3.8, 4) is 0 Å². The van der Waals surface area contributed by atoms with Crippen molar-refractivity contribution in [2.75, 3.05) is 6.61 Å². The number of halogens is 2. The van der Waals surface area contributed by atoms with Crippen molar-refractivity contribution in [1.82, 2.24) is 0 Å². The van der Waals surface area contributed by atoms with Crippen LogP contribution in [0.4, 0.5) is 0 Å². The van der Waals surface area contributed by atoms with Gasteiger partial charge in [-0.25, -0.2) is 0 Å². The average Bonchev–Trinajstić information content (AvgIpc) is 2.09. The van der Waals surface area contributed by atoms with Crippen LogP contribution in [-0.4, -0.2) is 11.7 Å². The summed E-state index contributed by atoms with van der Waals surface area (Å²) in [4.78, 5) is 0. The zero-order chi connectivity index (χ0) is 10.1. The summed E-state index contributed by atoms with van der Waals surface area (Å²) in [5, 5.41) is 9.94. The summed E-state index contributed by atoms with van der Waals surface area (Å²) in [5.41, 5.74) is 5.80. The molecule has 1 atom stereocenters. The van der Waals surface area contributed by atoms with Gasteiger partial charge in [0.15, 0.2) is 0 Å². The molecule has 0 heterocycles. The number of aliphatic hydroxyl groups excluding tert-OH is 1. The molecule has 2 nitrogen and oxygen atoms in total. The molecule has 3 N–H and O–H groups in total. The van der Waals surface area contributed by atoms with Crippen LogP contribution in [0.15, 0.2) is 18.2 Å². The fraction of sp³-hybridized carbons (Fsp3) is 0.333. The van der Waals surface area contributed by atoms with E-state index in [0.29, 0.717) is 10.0 Å². The normalized spacial score (nSPS) is 15.5. The minimum atomic E-state index is -0.770. The second kappa shape index (κ2) is 3.84. The highest BCUT2D eigenvalue weighted by Crippen LogP contribution is 2.26. The quantitative estimate of drug-likeness (QED) is 0.802. The van der Waals surface area contributed by atoms with Gasteiger partial charge in [-0.05, 0) is 24.6 Å². The van der Waals surface area contributed by atoms with E-state index in [1.807, 2.05) is 0 Å². The Labute approximate surface area is 87.3 Å². The Morgan fingerprint density at radius 1 is 1.38 bits per heavy atom. The molecule has 0 spiro atoms. The third-order valence-corrected chi connectivity index (χ3v) is 2.65. The SMILES string of the molecule is C[C@](N)(CO)c1ccc(Cl)c(Cl)c1. The molecule has 0 fully saturated rings. The molecule has 0 radical (unpaired) electrons. The van der Waals surface area contributed by atoms with Crippen LogP contribution in [0.1, 0.15) is 12.5 Å². The Morgan fingerprint density at radius 3 is 2.46 bits per heavy atom. The number of hydrogen-bond donors (Lipinski definition) is 2. The molecule has 0 aliphatic carbocycles. The van der Waals surface area contributed by atoms with Crippen molar-refractivity contribution in [2.45, 2.75) is 12.5 Å². The van der Waals surface area contributed by atoms with Crippen LogP contribution in [0, 0.1) is 0 Å². The molecule has 0 saturated carbocycles. The van der Waals surface area contributed by atoms with Crippen LogP contribution in [0.25, 0.3) is 0 Å².